The Hall–Kier alpha value is -1.70. The first kappa shape index (κ1) is 9.84. The van der Waals surface area contributed by atoms with Crippen molar-refractivity contribution in [2.24, 2.45) is 0 Å². The van der Waals surface area contributed by atoms with Crippen molar-refractivity contribution >= 4 is 0 Å². The summed E-state index contributed by atoms with van der Waals surface area (Å²) < 4.78 is 0. The first-order chi connectivity index (χ1) is 7.27. The van der Waals surface area contributed by atoms with Gasteiger partial charge in [-0.25, -0.2) is 9.97 Å². The van der Waals surface area contributed by atoms with E-state index in [0.29, 0.717) is 5.92 Å². The van der Waals surface area contributed by atoms with Gasteiger partial charge in [-0.05, 0) is 17.0 Å². The number of rotatable bonds is 2. The summed E-state index contributed by atoms with van der Waals surface area (Å²) >= 11 is 0. The smallest absolute Gasteiger partial charge is 0.115 e. The molecule has 2 rings (SSSR count). The van der Waals surface area contributed by atoms with Crippen molar-refractivity contribution in [2.75, 3.05) is 0 Å². The number of hydrogen-bond acceptors (Lipinski definition) is 2. The summed E-state index contributed by atoms with van der Waals surface area (Å²) in [4.78, 5) is 8.05. The van der Waals surface area contributed by atoms with E-state index in [2.05, 4.69) is 48.1 Å². The zero-order valence-corrected chi connectivity index (χ0v) is 9.01. The summed E-state index contributed by atoms with van der Waals surface area (Å²) in [6.45, 7) is 4.39. The molecule has 2 heteroatoms. The van der Waals surface area contributed by atoms with E-state index in [-0.39, 0.29) is 0 Å². The van der Waals surface area contributed by atoms with Crippen LogP contribution in [0.1, 0.15) is 25.3 Å². The Morgan fingerprint density at radius 2 is 1.73 bits per heavy atom. The summed E-state index contributed by atoms with van der Waals surface area (Å²) in [5, 5.41) is 0. The van der Waals surface area contributed by atoms with Gasteiger partial charge < -0.3 is 0 Å². The topological polar surface area (TPSA) is 25.8 Å². The zero-order valence-electron chi connectivity index (χ0n) is 9.01. The molecule has 0 aliphatic carbocycles. The molecular weight excluding hydrogens is 184 g/mol. The van der Waals surface area contributed by atoms with Crippen LogP contribution in [0.3, 0.4) is 0 Å². The van der Waals surface area contributed by atoms with Crippen LogP contribution in [0.15, 0.2) is 43.0 Å². The first-order valence-electron chi connectivity index (χ1n) is 5.12. The Morgan fingerprint density at radius 1 is 1.00 bits per heavy atom. The lowest BCUT2D eigenvalue weighted by Crippen LogP contribution is -1.88. The molecule has 2 aromatic rings. The van der Waals surface area contributed by atoms with Crippen LogP contribution in [0.5, 0.6) is 0 Å². The number of hydrogen-bond donors (Lipinski definition) is 0. The molecule has 0 saturated heterocycles. The van der Waals surface area contributed by atoms with Crippen molar-refractivity contribution in [3.63, 3.8) is 0 Å². The predicted molar refractivity (Wildman–Crippen MR) is 61.6 cm³/mol. The Bertz CT molecular complexity index is 435. The van der Waals surface area contributed by atoms with Crippen LogP contribution in [0.25, 0.3) is 11.1 Å². The van der Waals surface area contributed by atoms with Gasteiger partial charge in [-0.3, -0.25) is 0 Å². The minimum absolute atomic E-state index is 0.551. The van der Waals surface area contributed by atoms with E-state index in [4.69, 9.17) is 0 Å². The van der Waals surface area contributed by atoms with Gasteiger partial charge in [0.15, 0.2) is 0 Å². The molecule has 0 saturated carbocycles. The largest absolute Gasteiger partial charge is 0.244 e. The van der Waals surface area contributed by atoms with Gasteiger partial charge in [0, 0.05) is 18.0 Å². The van der Waals surface area contributed by atoms with Crippen molar-refractivity contribution in [2.45, 2.75) is 19.8 Å². The third-order valence-corrected chi connectivity index (χ3v) is 2.45. The minimum atomic E-state index is 0.551. The average molecular weight is 198 g/mol. The number of aromatic nitrogens is 2. The van der Waals surface area contributed by atoms with Gasteiger partial charge >= 0.3 is 0 Å². The zero-order chi connectivity index (χ0) is 10.7. The summed E-state index contributed by atoms with van der Waals surface area (Å²) in [5.41, 5.74) is 3.60. The van der Waals surface area contributed by atoms with Gasteiger partial charge in [0.1, 0.15) is 6.33 Å². The van der Waals surface area contributed by atoms with E-state index < -0.39 is 0 Å². The van der Waals surface area contributed by atoms with E-state index in [1.165, 1.54) is 11.1 Å². The highest BCUT2D eigenvalue weighted by molar-refractivity contribution is 5.62. The van der Waals surface area contributed by atoms with Gasteiger partial charge in [0.2, 0.25) is 0 Å². The average Bonchev–Trinajstić information content (AvgIpc) is 2.30. The van der Waals surface area contributed by atoms with Crippen molar-refractivity contribution in [3.8, 4) is 11.1 Å². The first-order valence-corrected chi connectivity index (χ1v) is 5.12. The second-order valence-electron chi connectivity index (χ2n) is 3.91. The second kappa shape index (κ2) is 4.22. The molecule has 0 unspecified atom stereocenters. The van der Waals surface area contributed by atoms with Crippen LogP contribution in [-0.4, -0.2) is 9.97 Å². The van der Waals surface area contributed by atoms with Crippen LogP contribution in [-0.2, 0) is 0 Å². The number of benzene rings is 1. The molecule has 0 aliphatic heterocycles. The van der Waals surface area contributed by atoms with Crippen LogP contribution < -0.4 is 0 Å². The normalized spacial score (nSPS) is 10.6. The van der Waals surface area contributed by atoms with E-state index in [0.717, 1.165) is 5.56 Å². The van der Waals surface area contributed by atoms with Gasteiger partial charge in [-0.2, -0.15) is 0 Å². The summed E-state index contributed by atoms with van der Waals surface area (Å²) in [7, 11) is 0. The van der Waals surface area contributed by atoms with E-state index in [9.17, 15) is 0 Å². The Balaban J connectivity index is 2.42. The second-order valence-corrected chi connectivity index (χ2v) is 3.91. The molecule has 0 atom stereocenters. The van der Waals surface area contributed by atoms with E-state index >= 15 is 0 Å². The lowest BCUT2D eigenvalue weighted by Gasteiger charge is -2.07. The molecule has 76 valence electrons. The van der Waals surface area contributed by atoms with Crippen molar-refractivity contribution in [1.29, 1.82) is 0 Å². The fourth-order valence-corrected chi connectivity index (χ4v) is 1.53. The molecule has 15 heavy (non-hydrogen) atoms. The summed E-state index contributed by atoms with van der Waals surface area (Å²) in [6.07, 6.45) is 5.23. The van der Waals surface area contributed by atoms with Crippen LogP contribution in [0.4, 0.5) is 0 Å². The van der Waals surface area contributed by atoms with Crippen LogP contribution >= 0.6 is 0 Å². The maximum Gasteiger partial charge on any atom is 0.115 e. The lowest BCUT2D eigenvalue weighted by molar-refractivity contribution is 0.867. The standard InChI is InChI=1S/C13H14N2/c1-10(2)11-4-3-5-12(6-11)13-7-14-9-15-8-13/h3-10H,1-2H3. The van der Waals surface area contributed by atoms with Gasteiger partial charge in [-0.15, -0.1) is 0 Å². The monoisotopic (exact) mass is 198 g/mol. The summed E-state index contributed by atoms with van der Waals surface area (Å²) in [5.74, 6) is 0.551. The molecule has 0 fully saturated rings. The van der Waals surface area contributed by atoms with Crippen LogP contribution in [0, 0.1) is 0 Å². The van der Waals surface area contributed by atoms with Crippen molar-refractivity contribution in [3.05, 3.63) is 48.5 Å². The molecule has 0 radical (unpaired) electrons. The third kappa shape index (κ3) is 2.21. The fourth-order valence-electron chi connectivity index (χ4n) is 1.53. The Kier molecular flexibility index (Phi) is 2.77. The fraction of sp³-hybridized carbons (Fsp3) is 0.231. The quantitative estimate of drug-likeness (QED) is 0.740. The maximum absolute atomic E-state index is 4.02. The molecule has 0 spiro atoms. The molecule has 1 aromatic carbocycles. The number of nitrogens with zero attached hydrogens (tertiary/aromatic N) is 2. The summed E-state index contributed by atoms with van der Waals surface area (Å²) in [6, 6.07) is 8.52. The lowest BCUT2D eigenvalue weighted by atomic mass is 9.99. The molecule has 1 aromatic heterocycles. The predicted octanol–water partition coefficient (Wildman–Crippen LogP) is 3.27. The van der Waals surface area contributed by atoms with Gasteiger partial charge in [0.05, 0.1) is 0 Å². The Labute approximate surface area is 90.0 Å². The van der Waals surface area contributed by atoms with Gasteiger partial charge in [0.25, 0.3) is 0 Å². The minimum Gasteiger partial charge on any atom is -0.244 e. The van der Waals surface area contributed by atoms with Gasteiger partial charge in [-0.1, -0.05) is 38.1 Å². The van der Waals surface area contributed by atoms with E-state index in [1.54, 1.807) is 6.33 Å². The third-order valence-electron chi connectivity index (χ3n) is 2.45. The Morgan fingerprint density at radius 3 is 2.40 bits per heavy atom. The maximum atomic E-state index is 4.02. The molecule has 2 nitrogen and oxygen atoms in total. The highest BCUT2D eigenvalue weighted by Gasteiger charge is 2.02. The van der Waals surface area contributed by atoms with Crippen molar-refractivity contribution < 1.29 is 0 Å². The van der Waals surface area contributed by atoms with E-state index in [1.807, 2.05) is 12.4 Å². The highest BCUT2D eigenvalue weighted by atomic mass is 14.8. The molecule has 0 amide bonds. The molecule has 0 N–H and O–H groups in total. The SMILES string of the molecule is CC(C)c1cccc(-c2cncnc2)c1. The molecule has 0 aliphatic rings. The molecular formula is C13H14N2. The highest BCUT2D eigenvalue weighted by Crippen LogP contribution is 2.22. The molecule has 1 heterocycles. The van der Waals surface area contributed by atoms with Crippen molar-refractivity contribution in [1.82, 2.24) is 9.97 Å². The van der Waals surface area contributed by atoms with Crippen LogP contribution in [0.2, 0.25) is 0 Å². The molecule has 0 bridgehead atoms.